The van der Waals surface area contributed by atoms with Crippen molar-refractivity contribution in [3.8, 4) is 11.5 Å². The minimum atomic E-state index is -0.666. The monoisotopic (exact) mass is 650 g/mol. The van der Waals surface area contributed by atoms with Crippen molar-refractivity contribution in [1.29, 1.82) is 0 Å². The zero-order chi connectivity index (χ0) is 31.5. The smallest absolute Gasteiger partial charge is 0.338 e. The summed E-state index contributed by atoms with van der Waals surface area (Å²) in [6.45, 7) is 8.26. The molecule has 4 aromatic rings. The van der Waals surface area contributed by atoms with Gasteiger partial charge < -0.3 is 14.2 Å². The molecule has 0 spiro atoms. The number of aromatic nitrogens is 1. The highest BCUT2D eigenvalue weighted by molar-refractivity contribution is 7.07. The second kappa shape index (κ2) is 13.4. The van der Waals surface area contributed by atoms with E-state index >= 15 is 0 Å². The van der Waals surface area contributed by atoms with Gasteiger partial charge in [-0.1, -0.05) is 84.8 Å². The fourth-order valence-corrected chi connectivity index (χ4v) is 6.37. The summed E-state index contributed by atoms with van der Waals surface area (Å²) in [5, 5.41) is 0.932. The molecule has 1 aliphatic rings. The first-order chi connectivity index (χ1) is 21.1. The number of rotatable bonds is 9. The Morgan fingerprint density at radius 1 is 1.05 bits per heavy atom. The Hall–Kier alpha value is -3.85. The minimum absolute atomic E-state index is 0.216. The van der Waals surface area contributed by atoms with E-state index in [0.717, 1.165) is 22.3 Å². The molecule has 0 amide bonds. The number of nitrogens with zero attached hydrogens (tertiary/aromatic N) is 2. The number of methoxy groups -OCH3 is 1. The van der Waals surface area contributed by atoms with Crippen molar-refractivity contribution in [2.75, 3.05) is 13.7 Å². The topological polar surface area (TPSA) is 79.1 Å². The molecule has 0 unspecified atom stereocenters. The molecule has 0 N–H and O–H groups in total. The highest BCUT2D eigenvalue weighted by atomic mass is 35.5. The maximum absolute atomic E-state index is 14.0. The normalized spacial score (nSPS) is 14.8. The van der Waals surface area contributed by atoms with E-state index in [1.807, 2.05) is 36.4 Å². The van der Waals surface area contributed by atoms with Gasteiger partial charge in [0, 0.05) is 0 Å². The Morgan fingerprint density at radius 2 is 1.80 bits per heavy atom. The summed E-state index contributed by atoms with van der Waals surface area (Å²) in [6.07, 6.45) is 1.79. The summed E-state index contributed by atoms with van der Waals surface area (Å²) in [7, 11) is 1.56. The summed E-state index contributed by atoms with van der Waals surface area (Å²) >= 11 is 13.4. The molecule has 5 rings (SSSR count). The maximum Gasteiger partial charge on any atom is 0.338 e. The van der Waals surface area contributed by atoms with Crippen molar-refractivity contribution >= 4 is 46.6 Å². The van der Waals surface area contributed by atoms with Crippen LogP contribution < -0.4 is 24.4 Å². The second-order valence-corrected chi connectivity index (χ2v) is 12.4. The second-order valence-electron chi connectivity index (χ2n) is 10.6. The number of hydrogen-bond acceptors (Lipinski definition) is 7. The van der Waals surface area contributed by atoms with Gasteiger partial charge in [-0.25, -0.2) is 9.79 Å². The van der Waals surface area contributed by atoms with Gasteiger partial charge in [-0.2, -0.15) is 0 Å². The number of allylic oxidation sites excluding steroid dienone is 1. The highest BCUT2D eigenvalue weighted by Gasteiger charge is 2.33. The molecule has 3 aromatic carbocycles. The van der Waals surface area contributed by atoms with E-state index in [1.165, 1.54) is 11.3 Å². The van der Waals surface area contributed by atoms with Crippen molar-refractivity contribution in [1.82, 2.24) is 4.57 Å². The molecule has 10 heteroatoms. The zero-order valence-electron chi connectivity index (χ0n) is 25.0. The van der Waals surface area contributed by atoms with E-state index in [4.69, 9.17) is 37.4 Å². The Balaban J connectivity index is 1.53. The summed E-state index contributed by atoms with van der Waals surface area (Å²) in [5.74, 6) is 0.909. The van der Waals surface area contributed by atoms with Crippen LogP contribution in [0.2, 0.25) is 10.0 Å². The third-order valence-corrected chi connectivity index (χ3v) is 9.02. The quantitative estimate of drug-likeness (QED) is 0.186. The first-order valence-corrected chi connectivity index (χ1v) is 15.7. The first-order valence-electron chi connectivity index (χ1n) is 14.2. The van der Waals surface area contributed by atoms with Gasteiger partial charge in [-0.15, -0.1) is 0 Å². The van der Waals surface area contributed by atoms with Crippen molar-refractivity contribution < 1.29 is 19.0 Å². The molecule has 0 bridgehead atoms. The molecule has 44 heavy (non-hydrogen) atoms. The number of fused-ring (bicyclic) bond motifs is 1. The molecule has 2 heterocycles. The van der Waals surface area contributed by atoms with Crippen molar-refractivity contribution in [2.24, 2.45) is 4.99 Å². The maximum atomic E-state index is 14.0. The van der Waals surface area contributed by atoms with Crippen LogP contribution in [0.25, 0.3) is 6.08 Å². The Kier molecular flexibility index (Phi) is 9.63. The van der Waals surface area contributed by atoms with Crippen LogP contribution in [0.5, 0.6) is 11.5 Å². The van der Waals surface area contributed by atoms with Crippen molar-refractivity contribution in [3.63, 3.8) is 0 Å². The number of ether oxygens (including phenoxy) is 3. The summed E-state index contributed by atoms with van der Waals surface area (Å²) < 4.78 is 19.0. The standard InChI is InChI=1S/C34H32Cl2N2O5S/c1-6-42-33(40)30-20(4)37-34-38(31(30)24-11-9-23(10-12-24)19(2)3)32(39)29(44-34)17-21-8-14-27(28(16-21)41-5)43-18-22-7-13-25(35)26(36)15-22/h7-17,19,31H,6,18H2,1-5H3/b29-17-/t31-/m1/s1. The zero-order valence-corrected chi connectivity index (χ0v) is 27.3. The number of carbonyl (C=O) groups excluding carboxylic acids is 1. The average Bonchev–Trinajstić information content (AvgIpc) is 3.31. The third kappa shape index (κ3) is 6.48. The highest BCUT2D eigenvalue weighted by Crippen LogP contribution is 2.32. The summed E-state index contributed by atoms with van der Waals surface area (Å²) in [5.41, 5.74) is 4.21. The largest absolute Gasteiger partial charge is 0.493 e. The van der Waals surface area contributed by atoms with Gasteiger partial charge in [0.25, 0.3) is 5.56 Å². The molecule has 0 saturated carbocycles. The van der Waals surface area contributed by atoms with Gasteiger partial charge in [-0.3, -0.25) is 9.36 Å². The molecule has 0 aliphatic carbocycles. The molecule has 1 aromatic heterocycles. The number of benzene rings is 3. The van der Waals surface area contributed by atoms with E-state index in [9.17, 15) is 9.59 Å². The van der Waals surface area contributed by atoms with Gasteiger partial charge >= 0.3 is 5.97 Å². The molecule has 0 radical (unpaired) electrons. The molecule has 7 nitrogen and oxygen atoms in total. The van der Waals surface area contributed by atoms with Gasteiger partial charge in [0.05, 0.1) is 45.6 Å². The fourth-order valence-electron chi connectivity index (χ4n) is 5.01. The number of hydrogen-bond donors (Lipinski definition) is 0. The number of carbonyl (C=O) groups is 1. The predicted molar refractivity (Wildman–Crippen MR) is 175 cm³/mol. The number of esters is 1. The molecule has 0 fully saturated rings. The van der Waals surface area contributed by atoms with Crippen molar-refractivity contribution in [2.45, 2.75) is 46.3 Å². The van der Waals surface area contributed by atoms with E-state index < -0.39 is 12.0 Å². The van der Waals surface area contributed by atoms with Crippen LogP contribution in [0.1, 0.15) is 61.9 Å². The van der Waals surface area contributed by atoms with E-state index in [2.05, 4.69) is 18.8 Å². The van der Waals surface area contributed by atoms with Crippen LogP contribution in [-0.2, 0) is 16.1 Å². The third-order valence-electron chi connectivity index (χ3n) is 7.30. The van der Waals surface area contributed by atoms with Crippen LogP contribution in [0, 0.1) is 0 Å². The van der Waals surface area contributed by atoms with Crippen LogP contribution >= 0.6 is 34.5 Å². The van der Waals surface area contributed by atoms with Gasteiger partial charge in [0.2, 0.25) is 0 Å². The molecular formula is C34H32Cl2N2O5S. The van der Waals surface area contributed by atoms with Crippen molar-refractivity contribution in [3.05, 3.63) is 124 Å². The van der Waals surface area contributed by atoms with Crippen LogP contribution in [0.3, 0.4) is 0 Å². The molecule has 1 aliphatic heterocycles. The predicted octanol–water partition coefficient (Wildman–Crippen LogP) is 6.82. The molecule has 0 saturated heterocycles. The Labute approximate surface area is 269 Å². The molecule has 228 valence electrons. The molecular weight excluding hydrogens is 619 g/mol. The summed E-state index contributed by atoms with van der Waals surface area (Å²) in [4.78, 5) is 32.3. The lowest BCUT2D eigenvalue weighted by Crippen LogP contribution is -2.39. The lowest BCUT2D eigenvalue weighted by Gasteiger charge is -2.25. The van der Waals surface area contributed by atoms with E-state index in [0.29, 0.717) is 48.1 Å². The fraction of sp³-hybridized carbons (Fsp3) is 0.265. The average molecular weight is 652 g/mol. The van der Waals surface area contributed by atoms with E-state index in [1.54, 1.807) is 55.9 Å². The lowest BCUT2D eigenvalue weighted by molar-refractivity contribution is -0.139. The van der Waals surface area contributed by atoms with Crippen LogP contribution in [0.15, 0.2) is 81.7 Å². The SMILES string of the molecule is CCOC(=O)C1=C(C)N=c2s/c(=C\c3ccc(OCc4ccc(Cl)c(Cl)c4)c(OC)c3)c(=O)n2[C@@H]1c1ccc(C(C)C)cc1. The number of thiazole rings is 1. The van der Waals surface area contributed by atoms with E-state index in [-0.39, 0.29) is 18.8 Å². The Bertz CT molecular complexity index is 1930. The minimum Gasteiger partial charge on any atom is -0.493 e. The van der Waals surface area contributed by atoms with Gasteiger partial charge in [-0.05, 0) is 72.4 Å². The van der Waals surface area contributed by atoms with Crippen LogP contribution in [-0.4, -0.2) is 24.3 Å². The summed E-state index contributed by atoms with van der Waals surface area (Å²) in [6, 6.07) is 18.1. The lowest BCUT2D eigenvalue weighted by atomic mass is 9.93. The Morgan fingerprint density at radius 3 is 2.45 bits per heavy atom. The first kappa shape index (κ1) is 31.6. The van der Waals surface area contributed by atoms with Crippen LogP contribution in [0.4, 0.5) is 0 Å². The molecule has 1 atom stereocenters. The number of halogens is 2. The van der Waals surface area contributed by atoms with Gasteiger partial charge in [0.1, 0.15) is 6.61 Å². The van der Waals surface area contributed by atoms with Gasteiger partial charge in [0.15, 0.2) is 16.3 Å².